The number of benzene rings is 1. The third-order valence-electron chi connectivity index (χ3n) is 9.26. The van der Waals surface area contributed by atoms with Crippen LogP contribution in [0, 0.1) is 11.8 Å². The molecule has 0 fully saturated rings. The lowest BCUT2D eigenvalue weighted by molar-refractivity contribution is -0.136. The Bertz CT molecular complexity index is 1420. The molecule has 13 nitrogen and oxygen atoms in total. The van der Waals surface area contributed by atoms with E-state index in [1.807, 2.05) is 29.2 Å². The van der Waals surface area contributed by atoms with Gasteiger partial charge in [-0.2, -0.15) is 0 Å². The standard InChI is InChI=1S/C38H60N6O7S/c1-7-15-44(34(45)20-26(6)9-3)32(25(4)5)23-33(50-16-8-2)37-41-31(24-52-37)36(47)40-28-21-27-12-10-11-13-29(27)30(22-28)35(46)42-43-38(48)51-19-18-49-17-14-39/h10-13,24-26,28,30,32-33H,7-9,14-23,39H2,1-6H3,(H,40,47)(H,42,46)(H,43,48)/t26-,28-,30+,32?,33+/m0/s1. The van der Waals surface area contributed by atoms with Gasteiger partial charge in [0.2, 0.25) is 11.8 Å². The molecule has 14 heteroatoms. The molecule has 0 spiro atoms. The number of hydrogen-bond acceptors (Lipinski definition) is 10. The summed E-state index contributed by atoms with van der Waals surface area (Å²) in [5.74, 6) is -0.700. The molecule has 0 radical (unpaired) electrons. The first-order valence-electron chi connectivity index (χ1n) is 18.8. The number of carbonyl (C=O) groups is 4. The van der Waals surface area contributed by atoms with Gasteiger partial charge < -0.3 is 30.2 Å². The summed E-state index contributed by atoms with van der Waals surface area (Å²) < 4.78 is 16.6. The number of aromatic nitrogens is 1. The van der Waals surface area contributed by atoms with Gasteiger partial charge in [-0.3, -0.25) is 19.8 Å². The van der Waals surface area contributed by atoms with Gasteiger partial charge in [0, 0.05) is 50.0 Å². The summed E-state index contributed by atoms with van der Waals surface area (Å²) >= 11 is 1.38. The minimum Gasteiger partial charge on any atom is -0.446 e. The lowest BCUT2D eigenvalue weighted by Crippen LogP contribution is -2.48. The van der Waals surface area contributed by atoms with Gasteiger partial charge in [0.1, 0.15) is 23.4 Å². The molecule has 1 heterocycles. The van der Waals surface area contributed by atoms with Crippen LogP contribution >= 0.6 is 11.3 Å². The zero-order valence-corrected chi connectivity index (χ0v) is 32.6. The van der Waals surface area contributed by atoms with E-state index >= 15 is 0 Å². The predicted octanol–water partition coefficient (Wildman–Crippen LogP) is 5.26. The van der Waals surface area contributed by atoms with Crippen molar-refractivity contribution in [2.45, 2.75) is 111 Å². The average Bonchev–Trinajstić information content (AvgIpc) is 3.63. The number of nitrogens with one attached hydrogen (secondary N) is 3. The lowest BCUT2D eigenvalue weighted by atomic mass is 9.79. The molecule has 0 bridgehead atoms. The SMILES string of the molecule is CCCO[C@H](CC(C(C)C)N(CCC)C(=O)C[C@@H](C)CC)c1nc(C(=O)N[C@H]2Cc3ccccc3[C@H](C(=O)NNC(=O)OCCOCCN)C2)cs1. The first kappa shape index (κ1) is 42.8. The van der Waals surface area contributed by atoms with E-state index in [9.17, 15) is 19.2 Å². The van der Waals surface area contributed by atoms with E-state index in [1.165, 1.54) is 11.3 Å². The second kappa shape index (κ2) is 22.5. The Kier molecular flexibility index (Phi) is 18.5. The highest BCUT2D eigenvalue weighted by Gasteiger charge is 2.34. The monoisotopic (exact) mass is 744 g/mol. The largest absolute Gasteiger partial charge is 0.446 e. The summed E-state index contributed by atoms with van der Waals surface area (Å²) in [6.45, 7) is 14.8. The van der Waals surface area contributed by atoms with Gasteiger partial charge in [0.15, 0.2) is 0 Å². The van der Waals surface area contributed by atoms with Crippen molar-refractivity contribution in [2.75, 3.05) is 39.5 Å². The third-order valence-corrected chi connectivity index (χ3v) is 10.2. The number of carbonyl (C=O) groups excluding carboxylic acids is 4. The maximum Gasteiger partial charge on any atom is 0.426 e. The predicted molar refractivity (Wildman–Crippen MR) is 202 cm³/mol. The molecular weight excluding hydrogens is 685 g/mol. The fourth-order valence-electron chi connectivity index (χ4n) is 6.35. The van der Waals surface area contributed by atoms with Gasteiger partial charge in [-0.15, -0.1) is 11.3 Å². The quantitative estimate of drug-likeness (QED) is 0.0982. The van der Waals surface area contributed by atoms with Crippen LogP contribution in [0.5, 0.6) is 0 Å². The molecule has 4 amide bonds. The van der Waals surface area contributed by atoms with Gasteiger partial charge in [-0.1, -0.05) is 72.2 Å². The summed E-state index contributed by atoms with van der Waals surface area (Å²) in [6.07, 6.45) is 3.42. The Labute approximate surface area is 313 Å². The normalized spacial score (nSPS) is 17.1. The minimum absolute atomic E-state index is 0.0134. The van der Waals surface area contributed by atoms with Crippen molar-refractivity contribution < 1.29 is 33.4 Å². The number of fused-ring (bicyclic) bond motifs is 1. The molecular formula is C38H60N6O7S. The van der Waals surface area contributed by atoms with Crippen LogP contribution in [0.15, 0.2) is 29.6 Å². The van der Waals surface area contributed by atoms with Crippen LogP contribution < -0.4 is 21.9 Å². The molecule has 1 aliphatic carbocycles. The zero-order chi connectivity index (χ0) is 38.0. The maximum atomic E-state index is 13.6. The molecule has 0 saturated carbocycles. The van der Waals surface area contributed by atoms with E-state index in [2.05, 4.69) is 57.7 Å². The van der Waals surface area contributed by atoms with Crippen LogP contribution in [0.1, 0.15) is 119 Å². The van der Waals surface area contributed by atoms with Crippen molar-refractivity contribution in [1.82, 2.24) is 26.1 Å². The third kappa shape index (κ3) is 13.1. The number of hydrazine groups is 1. The first-order chi connectivity index (χ1) is 25.0. The molecule has 5 atom stereocenters. The van der Waals surface area contributed by atoms with Gasteiger partial charge in [0.05, 0.1) is 19.1 Å². The smallest absolute Gasteiger partial charge is 0.426 e. The van der Waals surface area contributed by atoms with Crippen molar-refractivity contribution in [2.24, 2.45) is 17.6 Å². The second-order valence-corrected chi connectivity index (χ2v) is 14.7. The molecule has 290 valence electrons. The zero-order valence-electron chi connectivity index (χ0n) is 31.8. The van der Waals surface area contributed by atoms with Crippen LogP contribution in [0.4, 0.5) is 4.79 Å². The molecule has 1 aliphatic rings. The highest BCUT2D eigenvalue weighted by atomic mass is 32.1. The number of hydrogen-bond donors (Lipinski definition) is 4. The van der Waals surface area contributed by atoms with Crippen LogP contribution in [-0.2, 0) is 30.2 Å². The van der Waals surface area contributed by atoms with E-state index in [0.717, 1.165) is 30.4 Å². The summed E-state index contributed by atoms with van der Waals surface area (Å²) in [5.41, 5.74) is 12.2. The Hall–Kier alpha value is -3.59. The van der Waals surface area contributed by atoms with E-state index in [0.29, 0.717) is 62.9 Å². The van der Waals surface area contributed by atoms with Crippen molar-refractivity contribution in [3.05, 3.63) is 51.5 Å². The fraction of sp³-hybridized carbons (Fsp3) is 0.658. The van der Waals surface area contributed by atoms with Crippen LogP contribution in [0.3, 0.4) is 0 Å². The van der Waals surface area contributed by atoms with E-state index in [-0.39, 0.29) is 54.8 Å². The van der Waals surface area contributed by atoms with Crippen LogP contribution in [-0.4, -0.2) is 85.3 Å². The van der Waals surface area contributed by atoms with Crippen molar-refractivity contribution in [1.29, 1.82) is 0 Å². The molecule has 0 saturated heterocycles. The van der Waals surface area contributed by atoms with Crippen molar-refractivity contribution in [3.63, 3.8) is 0 Å². The molecule has 5 N–H and O–H groups in total. The molecule has 0 aliphatic heterocycles. The van der Waals surface area contributed by atoms with E-state index in [1.54, 1.807) is 5.38 Å². The summed E-state index contributed by atoms with van der Waals surface area (Å²) in [7, 11) is 0. The lowest BCUT2D eigenvalue weighted by Gasteiger charge is -2.37. The Morgan fingerprint density at radius 1 is 1.02 bits per heavy atom. The topological polar surface area (TPSA) is 174 Å². The van der Waals surface area contributed by atoms with Gasteiger partial charge in [-0.05, 0) is 48.6 Å². The van der Waals surface area contributed by atoms with E-state index in [4.69, 9.17) is 24.9 Å². The van der Waals surface area contributed by atoms with Crippen LogP contribution in [0.2, 0.25) is 0 Å². The first-order valence-corrected chi connectivity index (χ1v) is 19.7. The molecule has 1 unspecified atom stereocenters. The fourth-order valence-corrected chi connectivity index (χ4v) is 7.21. The van der Waals surface area contributed by atoms with E-state index < -0.39 is 17.9 Å². The minimum atomic E-state index is -0.810. The number of rotatable bonds is 21. The van der Waals surface area contributed by atoms with Gasteiger partial charge >= 0.3 is 6.09 Å². The number of thiazole rings is 1. The Morgan fingerprint density at radius 2 is 1.79 bits per heavy atom. The molecule has 52 heavy (non-hydrogen) atoms. The number of amides is 4. The number of nitrogens with zero attached hydrogens (tertiary/aromatic N) is 2. The Morgan fingerprint density at radius 3 is 2.48 bits per heavy atom. The van der Waals surface area contributed by atoms with Crippen molar-refractivity contribution in [3.8, 4) is 0 Å². The summed E-state index contributed by atoms with van der Waals surface area (Å²) in [5, 5.41) is 5.54. The Balaban J connectivity index is 1.71. The highest BCUT2D eigenvalue weighted by molar-refractivity contribution is 7.09. The molecule has 3 rings (SSSR count). The highest BCUT2D eigenvalue weighted by Crippen LogP contribution is 2.34. The maximum absolute atomic E-state index is 13.6. The average molecular weight is 745 g/mol. The molecule has 1 aromatic carbocycles. The summed E-state index contributed by atoms with van der Waals surface area (Å²) in [6, 6.07) is 7.18. The van der Waals surface area contributed by atoms with Crippen molar-refractivity contribution >= 4 is 35.2 Å². The summed E-state index contributed by atoms with van der Waals surface area (Å²) in [4.78, 5) is 59.3. The van der Waals surface area contributed by atoms with Gasteiger partial charge in [-0.25, -0.2) is 15.2 Å². The van der Waals surface area contributed by atoms with Gasteiger partial charge in [0.25, 0.3) is 5.91 Å². The molecule has 2 aromatic rings. The molecule has 1 aromatic heterocycles. The number of nitrogens with two attached hydrogens (primary N) is 1. The second-order valence-electron chi connectivity index (χ2n) is 13.8. The number of ether oxygens (including phenoxy) is 3. The van der Waals surface area contributed by atoms with Crippen LogP contribution in [0.25, 0.3) is 0 Å².